The molecule has 0 bridgehead atoms. The zero-order chi connectivity index (χ0) is 19.1. The van der Waals surface area contributed by atoms with Crippen molar-refractivity contribution in [3.8, 4) is 11.5 Å². The molecule has 0 fully saturated rings. The highest BCUT2D eigenvalue weighted by Gasteiger charge is 2.08. The predicted octanol–water partition coefficient (Wildman–Crippen LogP) is 6.58. The van der Waals surface area contributed by atoms with Gasteiger partial charge >= 0.3 is 0 Å². The van der Waals surface area contributed by atoms with E-state index < -0.39 is 0 Å². The molecule has 3 rings (SSSR count). The minimum atomic E-state index is 0.431. The van der Waals surface area contributed by atoms with Crippen LogP contribution >= 0.6 is 23.2 Å². The highest BCUT2D eigenvalue weighted by molar-refractivity contribution is 6.31. The second kappa shape index (κ2) is 9.54. The van der Waals surface area contributed by atoms with Gasteiger partial charge in [-0.15, -0.1) is 0 Å². The molecule has 27 heavy (non-hydrogen) atoms. The summed E-state index contributed by atoms with van der Waals surface area (Å²) in [5, 5.41) is 4.77. The van der Waals surface area contributed by atoms with Crippen LogP contribution in [0.15, 0.2) is 66.7 Å². The number of hydrogen-bond acceptors (Lipinski definition) is 3. The number of rotatable bonds is 8. The topological polar surface area (TPSA) is 30.5 Å². The Morgan fingerprint density at radius 2 is 1.56 bits per heavy atom. The fourth-order valence-electron chi connectivity index (χ4n) is 2.64. The summed E-state index contributed by atoms with van der Waals surface area (Å²) in [6, 6.07) is 21.2. The van der Waals surface area contributed by atoms with E-state index in [-0.39, 0.29) is 0 Å². The maximum atomic E-state index is 6.03. The summed E-state index contributed by atoms with van der Waals surface area (Å²) in [6.07, 6.45) is 0. The van der Waals surface area contributed by atoms with Crippen LogP contribution in [0.3, 0.4) is 0 Å². The zero-order valence-corrected chi connectivity index (χ0v) is 16.6. The van der Waals surface area contributed by atoms with Gasteiger partial charge in [-0.25, -0.2) is 0 Å². The van der Waals surface area contributed by atoms with Crippen LogP contribution in [0.2, 0.25) is 10.0 Å². The van der Waals surface area contributed by atoms with Crippen molar-refractivity contribution in [3.05, 3.63) is 87.9 Å². The Kier molecular flexibility index (Phi) is 6.86. The highest BCUT2D eigenvalue weighted by atomic mass is 35.5. The molecular weight excluding hydrogens is 381 g/mol. The van der Waals surface area contributed by atoms with Crippen LogP contribution in [0.5, 0.6) is 11.5 Å². The average Bonchev–Trinajstić information content (AvgIpc) is 2.66. The first-order valence-electron chi connectivity index (χ1n) is 8.76. The second-order valence-corrected chi connectivity index (χ2v) is 6.87. The molecule has 3 aromatic carbocycles. The maximum Gasteiger partial charge on any atom is 0.161 e. The van der Waals surface area contributed by atoms with E-state index in [2.05, 4.69) is 5.32 Å². The summed E-state index contributed by atoms with van der Waals surface area (Å²) in [4.78, 5) is 0. The number of nitrogens with one attached hydrogen (secondary N) is 1. The molecule has 0 aliphatic rings. The summed E-state index contributed by atoms with van der Waals surface area (Å²) in [5.74, 6) is 1.44. The molecule has 0 radical (unpaired) electrons. The molecule has 0 spiro atoms. The van der Waals surface area contributed by atoms with Crippen molar-refractivity contribution in [2.24, 2.45) is 0 Å². The van der Waals surface area contributed by atoms with E-state index in [1.807, 2.05) is 73.7 Å². The van der Waals surface area contributed by atoms with Crippen molar-refractivity contribution in [1.29, 1.82) is 0 Å². The molecule has 0 amide bonds. The Morgan fingerprint density at radius 3 is 2.30 bits per heavy atom. The van der Waals surface area contributed by atoms with Crippen LogP contribution in [0.25, 0.3) is 0 Å². The van der Waals surface area contributed by atoms with Crippen LogP contribution in [-0.2, 0) is 13.2 Å². The highest BCUT2D eigenvalue weighted by Crippen LogP contribution is 2.30. The van der Waals surface area contributed by atoms with E-state index >= 15 is 0 Å². The Balaban J connectivity index is 1.68. The third-order valence-electron chi connectivity index (χ3n) is 3.91. The summed E-state index contributed by atoms with van der Waals surface area (Å²) < 4.78 is 11.7. The predicted molar refractivity (Wildman–Crippen MR) is 112 cm³/mol. The lowest BCUT2D eigenvalue weighted by atomic mass is 10.2. The smallest absolute Gasteiger partial charge is 0.161 e. The number of hydrogen-bond donors (Lipinski definition) is 1. The third kappa shape index (κ3) is 5.81. The Hall–Kier alpha value is -2.36. The standard InChI is InChI=1S/C22H21Cl2NO2/c1-2-26-22-12-16(14-25-20-8-4-7-19(24)13-20)9-10-21(22)27-15-17-5-3-6-18(23)11-17/h3-13,25H,2,14-15H2,1H3. The minimum absolute atomic E-state index is 0.431. The zero-order valence-electron chi connectivity index (χ0n) is 15.0. The van der Waals surface area contributed by atoms with Crippen molar-refractivity contribution in [2.45, 2.75) is 20.1 Å². The molecular formula is C22H21Cl2NO2. The second-order valence-electron chi connectivity index (χ2n) is 6.00. The summed E-state index contributed by atoms with van der Waals surface area (Å²) in [7, 11) is 0. The Morgan fingerprint density at radius 1 is 0.778 bits per heavy atom. The van der Waals surface area contributed by atoms with Gasteiger partial charge in [0.2, 0.25) is 0 Å². The van der Waals surface area contributed by atoms with Gasteiger partial charge in [0.05, 0.1) is 6.61 Å². The van der Waals surface area contributed by atoms with Crippen molar-refractivity contribution < 1.29 is 9.47 Å². The van der Waals surface area contributed by atoms with E-state index in [9.17, 15) is 0 Å². The lowest BCUT2D eigenvalue weighted by Crippen LogP contribution is -2.03. The van der Waals surface area contributed by atoms with Crippen LogP contribution in [0, 0.1) is 0 Å². The molecule has 140 valence electrons. The number of halogens is 2. The first kappa shape index (κ1) is 19.4. The fraction of sp³-hybridized carbons (Fsp3) is 0.182. The Bertz CT molecular complexity index is 899. The van der Waals surface area contributed by atoms with Crippen LogP contribution in [-0.4, -0.2) is 6.61 Å². The molecule has 0 aliphatic carbocycles. The molecule has 0 saturated heterocycles. The monoisotopic (exact) mass is 401 g/mol. The van der Waals surface area contributed by atoms with E-state index in [1.54, 1.807) is 0 Å². The first-order chi connectivity index (χ1) is 13.1. The lowest BCUT2D eigenvalue weighted by Gasteiger charge is -2.14. The van der Waals surface area contributed by atoms with Crippen LogP contribution < -0.4 is 14.8 Å². The summed E-state index contributed by atoms with van der Waals surface area (Å²) >= 11 is 12.1. The number of anilines is 1. The third-order valence-corrected chi connectivity index (χ3v) is 4.38. The van der Waals surface area contributed by atoms with Crippen molar-refractivity contribution >= 4 is 28.9 Å². The van der Waals surface area contributed by atoms with E-state index in [4.69, 9.17) is 32.7 Å². The van der Waals surface area contributed by atoms with Gasteiger partial charge in [-0.3, -0.25) is 0 Å². The summed E-state index contributed by atoms with van der Waals surface area (Å²) in [5.41, 5.74) is 3.08. The normalized spacial score (nSPS) is 10.5. The van der Waals surface area contributed by atoms with Crippen molar-refractivity contribution in [1.82, 2.24) is 0 Å². The number of benzene rings is 3. The lowest BCUT2D eigenvalue weighted by molar-refractivity contribution is 0.269. The molecule has 0 unspecified atom stereocenters. The van der Waals surface area contributed by atoms with E-state index in [0.29, 0.717) is 35.6 Å². The molecule has 3 aromatic rings. The van der Waals surface area contributed by atoms with Gasteiger partial charge < -0.3 is 14.8 Å². The molecule has 0 saturated carbocycles. The summed E-state index contributed by atoms with van der Waals surface area (Å²) in [6.45, 7) is 3.62. The molecule has 0 aliphatic heterocycles. The molecule has 0 heterocycles. The molecule has 0 atom stereocenters. The van der Waals surface area contributed by atoms with Crippen LogP contribution in [0.4, 0.5) is 5.69 Å². The van der Waals surface area contributed by atoms with E-state index in [0.717, 1.165) is 22.6 Å². The average molecular weight is 402 g/mol. The van der Waals surface area contributed by atoms with Gasteiger partial charge in [0.1, 0.15) is 6.61 Å². The Labute approximate surface area is 169 Å². The maximum absolute atomic E-state index is 6.03. The van der Waals surface area contributed by atoms with Gasteiger partial charge in [-0.2, -0.15) is 0 Å². The quantitative estimate of drug-likeness (QED) is 0.462. The van der Waals surface area contributed by atoms with E-state index in [1.165, 1.54) is 0 Å². The van der Waals surface area contributed by atoms with Gasteiger partial charge in [0, 0.05) is 22.3 Å². The fourth-order valence-corrected chi connectivity index (χ4v) is 3.04. The molecule has 1 N–H and O–H groups in total. The first-order valence-corrected chi connectivity index (χ1v) is 9.52. The van der Waals surface area contributed by atoms with Crippen molar-refractivity contribution in [3.63, 3.8) is 0 Å². The molecule has 5 heteroatoms. The molecule has 0 aromatic heterocycles. The SMILES string of the molecule is CCOc1cc(CNc2cccc(Cl)c2)ccc1OCc1cccc(Cl)c1. The van der Waals surface area contributed by atoms with Gasteiger partial charge in [-0.1, -0.05) is 47.5 Å². The molecule has 3 nitrogen and oxygen atoms in total. The van der Waals surface area contributed by atoms with Gasteiger partial charge in [0.15, 0.2) is 11.5 Å². The number of ether oxygens (including phenoxy) is 2. The minimum Gasteiger partial charge on any atom is -0.490 e. The van der Waals surface area contributed by atoms with Gasteiger partial charge in [0.25, 0.3) is 0 Å². The van der Waals surface area contributed by atoms with Crippen LogP contribution in [0.1, 0.15) is 18.1 Å². The largest absolute Gasteiger partial charge is 0.490 e. The van der Waals surface area contributed by atoms with Crippen molar-refractivity contribution in [2.75, 3.05) is 11.9 Å². The van der Waals surface area contributed by atoms with Gasteiger partial charge in [-0.05, 0) is 60.5 Å².